The van der Waals surface area contributed by atoms with Gasteiger partial charge in [-0.2, -0.15) is 0 Å². The van der Waals surface area contributed by atoms with Gasteiger partial charge >= 0.3 is 0 Å². The van der Waals surface area contributed by atoms with Crippen LogP contribution in [0.3, 0.4) is 0 Å². The Balaban J connectivity index is 2.35. The third kappa shape index (κ3) is 3.57. The highest BCUT2D eigenvalue weighted by atomic mass is 32.2. The summed E-state index contributed by atoms with van der Waals surface area (Å²) in [4.78, 5) is 28.8. The molecule has 2 aromatic rings. The molecule has 1 heterocycles. The predicted molar refractivity (Wildman–Crippen MR) is 90.3 cm³/mol. The van der Waals surface area contributed by atoms with E-state index in [0.717, 1.165) is 0 Å². The monoisotopic (exact) mass is 317 g/mol. The number of carbonyl (C=O) groups excluding carboxylic acids is 1. The van der Waals surface area contributed by atoms with E-state index in [1.807, 2.05) is 32.0 Å². The van der Waals surface area contributed by atoms with Crippen molar-refractivity contribution in [2.45, 2.75) is 25.0 Å². The Morgan fingerprint density at radius 2 is 2.18 bits per heavy atom. The minimum Gasteiger partial charge on any atom is -0.352 e. The molecule has 22 heavy (non-hydrogen) atoms. The van der Waals surface area contributed by atoms with Crippen molar-refractivity contribution in [1.29, 1.82) is 0 Å². The Morgan fingerprint density at radius 3 is 2.86 bits per heavy atom. The molecule has 0 fully saturated rings. The summed E-state index contributed by atoms with van der Waals surface area (Å²) in [6.07, 6.45) is 1.63. The molecule has 0 aliphatic rings. The third-order valence-corrected chi connectivity index (χ3v) is 4.02. The van der Waals surface area contributed by atoms with Gasteiger partial charge < -0.3 is 5.32 Å². The molecule has 1 amide bonds. The van der Waals surface area contributed by atoms with Gasteiger partial charge in [0.05, 0.1) is 16.7 Å². The van der Waals surface area contributed by atoms with Crippen LogP contribution in [0.5, 0.6) is 0 Å². The standard InChI is InChI=1S/C16H19N3O2S/c1-4-9-17-14(20)10-22-16-18-13-8-6-5-7-12(13)15(21)19(16)11(2)3/h4-8,11H,1,9-10H2,2-3H3,(H,17,20). The lowest BCUT2D eigenvalue weighted by Crippen LogP contribution is -2.27. The van der Waals surface area contributed by atoms with Crippen molar-refractivity contribution in [3.05, 3.63) is 47.3 Å². The third-order valence-electron chi connectivity index (χ3n) is 3.07. The quantitative estimate of drug-likeness (QED) is 0.505. The molecule has 1 aromatic heterocycles. The first kappa shape index (κ1) is 16.3. The molecule has 5 nitrogen and oxygen atoms in total. The number of rotatable bonds is 6. The Kier molecular flexibility index (Phi) is 5.38. The number of nitrogens with one attached hydrogen (secondary N) is 1. The van der Waals surface area contributed by atoms with Crippen LogP contribution in [0.2, 0.25) is 0 Å². The molecular weight excluding hydrogens is 298 g/mol. The molecule has 116 valence electrons. The smallest absolute Gasteiger partial charge is 0.262 e. The number of thioether (sulfide) groups is 1. The first-order valence-electron chi connectivity index (χ1n) is 7.06. The van der Waals surface area contributed by atoms with Crippen molar-refractivity contribution in [2.75, 3.05) is 12.3 Å². The first-order chi connectivity index (χ1) is 10.5. The van der Waals surface area contributed by atoms with Gasteiger partial charge in [0, 0.05) is 12.6 Å². The number of nitrogens with zero attached hydrogens (tertiary/aromatic N) is 2. The molecule has 0 bridgehead atoms. The zero-order chi connectivity index (χ0) is 16.1. The topological polar surface area (TPSA) is 64.0 Å². The maximum Gasteiger partial charge on any atom is 0.262 e. The molecule has 6 heteroatoms. The summed E-state index contributed by atoms with van der Waals surface area (Å²) >= 11 is 1.27. The van der Waals surface area contributed by atoms with E-state index in [0.29, 0.717) is 22.6 Å². The highest BCUT2D eigenvalue weighted by Crippen LogP contribution is 2.20. The Hall–Kier alpha value is -2.08. The van der Waals surface area contributed by atoms with Gasteiger partial charge in [0.1, 0.15) is 0 Å². The summed E-state index contributed by atoms with van der Waals surface area (Å²) in [5, 5.41) is 3.87. The van der Waals surface area contributed by atoms with E-state index in [9.17, 15) is 9.59 Å². The number of hydrogen-bond donors (Lipinski definition) is 1. The summed E-state index contributed by atoms with van der Waals surface area (Å²) in [6.45, 7) is 7.85. The fourth-order valence-corrected chi connectivity index (χ4v) is 3.01. The average molecular weight is 317 g/mol. The largest absolute Gasteiger partial charge is 0.352 e. The van der Waals surface area contributed by atoms with E-state index in [4.69, 9.17) is 0 Å². The SMILES string of the molecule is C=CCNC(=O)CSc1nc2ccccc2c(=O)n1C(C)C. The molecule has 2 rings (SSSR count). The lowest BCUT2D eigenvalue weighted by atomic mass is 10.2. The zero-order valence-electron chi connectivity index (χ0n) is 12.7. The lowest BCUT2D eigenvalue weighted by Gasteiger charge is -2.15. The number of para-hydroxylation sites is 1. The fourth-order valence-electron chi connectivity index (χ4n) is 2.05. The maximum absolute atomic E-state index is 12.6. The van der Waals surface area contributed by atoms with Crippen LogP contribution in [0.25, 0.3) is 10.9 Å². The number of hydrogen-bond acceptors (Lipinski definition) is 4. The molecule has 0 atom stereocenters. The van der Waals surface area contributed by atoms with Crippen molar-refractivity contribution in [1.82, 2.24) is 14.9 Å². The molecule has 1 N–H and O–H groups in total. The normalized spacial score (nSPS) is 10.9. The molecule has 0 saturated heterocycles. The minimum atomic E-state index is -0.109. The van der Waals surface area contributed by atoms with Gasteiger partial charge in [0.15, 0.2) is 5.16 Å². The molecule has 0 saturated carbocycles. The van der Waals surface area contributed by atoms with Crippen molar-refractivity contribution < 1.29 is 4.79 Å². The van der Waals surface area contributed by atoms with Crippen LogP contribution >= 0.6 is 11.8 Å². The van der Waals surface area contributed by atoms with Crippen molar-refractivity contribution in [3.8, 4) is 0 Å². The molecular formula is C16H19N3O2S. The highest BCUT2D eigenvalue weighted by Gasteiger charge is 2.14. The summed E-state index contributed by atoms with van der Waals surface area (Å²) in [5.74, 6) is 0.105. The van der Waals surface area contributed by atoms with E-state index in [2.05, 4.69) is 16.9 Å². The van der Waals surface area contributed by atoms with Crippen molar-refractivity contribution in [2.24, 2.45) is 0 Å². The van der Waals surface area contributed by atoms with Crippen LogP contribution in [0.15, 0.2) is 46.9 Å². The Labute approximate surface area is 133 Å². The predicted octanol–water partition coefficient (Wildman–Crippen LogP) is 2.37. The van der Waals surface area contributed by atoms with Crippen LogP contribution in [-0.4, -0.2) is 27.8 Å². The first-order valence-corrected chi connectivity index (χ1v) is 8.04. The second-order valence-electron chi connectivity index (χ2n) is 5.06. The van der Waals surface area contributed by atoms with Gasteiger partial charge in [0.2, 0.25) is 5.91 Å². The number of amides is 1. The second kappa shape index (κ2) is 7.26. The van der Waals surface area contributed by atoms with Gasteiger partial charge in [-0.05, 0) is 26.0 Å². The maximum atomic E-state index is 12.6. The van der Waals surface area contributed by atoms with Crippen LogP contribution in [0.1, 0.15) is 19.9 Å². The minimum absolute atomic E-state index is 0.0247. The Bertz CT molecular complexity index is 753. The van der Waals surface area contributed by atoms with Gasteiger partial charge in [-0.25, -0.2) is 4.98 Å². The lowest BCUT2D eigenvalue weighted by molar-refractivity contribution is -0.118. The van der Waals surface area contributed by atoms with Crippen LogP contribution < -0.4 is 10.9 Å². The molecule has 1 aromatic carbocycles. The zero-order valence-corrected chi connectivity index (χ0v) is 13.5. The van der Waals surface area contributed by atoms with Crippen LogP contribution in [0.4, 0.5) is 0 Å². The molecule has 0 spiro atoms. The van der Waals surface area contributed by atoms with Crippen LogP contribution in [0, 0.1) is 0 Å². The molecule has 0 radical (unpaired) electrons. The summed E-state index contributed by atoms with van der Waals surface area (Å²) in [7, 11) is 0. The van der Waals surface area contributed by atoms with Gasteiger partial charge in [-0.1, -0.05) is 30.0 Å². The van der Waals surface area contributed by atoms with E-state index in [1.54, 1.807) is 16.7 Å². The second-order valence-corrected chi connectivity index (χ2v) is 6.00. The number of fused-ring (bicyclic) bond motifs is 1. The summed E-state index contributed by atoms with van der Waals surface area (Å²) in [6, 6.07) is 7.23. The van der Waals surface area contributed by atoms with Gasteiger partial charge in [0.25, 0.3) is 5.56 Å². The van der Waals surface area contributed by atoms with Gasteiger partial charge in [-0.15, -0.1) is 6.58 Å². The van der Waals surface area contributed by atoms with E-state index in [1.165, 1.54) is 11.8 Å². The number of carbonyl (C=O) groups is 1. The van der Waals surface area contributed by atoms with Crippen molar-refractivity contribution >= 4 is 28.6 Å². The summed E-state index contributed by atoms with van der Waals surface area (Å²) < 4.78 is 1.63. The van der Waals surface area contributed by atoms with Crippen molar-refractivity contribution in [3.63, 3.8) is 0 Å². The number of aromatic nitrogens is 2. The molecule has 0 aliphatic heterocycles. The Morgan fingerprint density at radius 1 is 1.45 bits per heavy atom. The van der Waals surface area contributed by atoms with E-state index >= 15 is 0 Å². The van der Waals surface area contributed by atoms with E-state index < -0.39 is 0 Å². The summed E-state index contributed by atoms with van der Waals surface area (Å²) in [5.41, 5.74) is 0.577. The molecule has 0 unspecified atom stereocenters. The van der Waals surface area contributed by atoms with Gasteiger partial charge in [-0.3, -0.25) is 14.2 Å². The van der Waals surface area contributed by atoms with E-state index in [-0.39, 0.29) is 23.3 Å². The number of benzene rings is 1. The fraction of sp³-hybridized carbons (Fsp3) is 0.312. The molecule has 0 aliphatic carbocycles. The highest BCUT2D eigenvalue weighted by molar-refractivity contribution is 7.99. The van der Waals surface area contributed by atoms with Crippen LogP contribution in [-0.2, 0) is 4.79 Å². The average Bonchev–Trinajstić information content (AvgIpc) is 2.50.